The molecule has 0 atom stereocenters. The normalized spacial score (nSPS) is 12.2. The lowest BCUT2D eigenvalue weighted by Gasteiger charge is -2.12. The van der Waals surface area contributed by atoms with Gasteiger partial charge < -0.3 is 9.52 Å². The molecule has 0 radical (unpaired) electrons. The van der Waals surface area contributed by atoms with Gasteiger partial charge in [-0.1, -0.05) is 13.8 Å². The molecule has 7 heteroatoms. The van der Waals surface area contributed by atoms with Crippen LogP contribution in [0.15, 0.2) is 44.4 Å². The van der Waals surface area contributed by atoms with Crippen LogP contribution in [0.5, 0.6) is 0 Å². The van der Waals surface area contributed by atoms with Gasteiger partial charge in [-0.05, 0) is 41.8 Å². The first-order chi connectivity index (χ1) is 11.6. The molecule has 0 spiro atoms. The standard InChI is InChI=1S/C18H16O6S/c1-9(2)12-7-11(25(3,22)23)8-14-16(19)13-6-10(18(20)21)4-5-15(13)24-17(12)14/h4-9H,1-3H3,(H,20,21). The Bertz CT molecular complexity index is 1190. The number of carboxylic acid groups (broad SMARTS) is 1. The van der Waals surface area contributed by atoms with E-state index in [9.17, 15) is 18.0 Å². The van der Waals surface area contributed by atoms with Crippen molar-refractivity contribution >= 4 is 37.7 Å². The highest BCUT2D eigenvalue weighted by Crippen LogP contribution is 2.30. The molecule has 1 N–H and O–H groups in total. The number of carboxylic acids is 1. The fourth-order valence-corrected chi connectivity index (χ4v) is 3.41. The Labute approximate surface area is 143 Å². The van der Waals surface area contributed by atoms with Gasteiger partial charge in [-0.3, -0.25) is 4.79 Å². The van der Waals surface area contributed by atoms with E-state index < -0.39 is 21.2 Å². The Kier molecular flexibility index (Phi) is 3.91. The van der Waals surface area contributed by atoms with Crippen LogP contribution >= 0.6 is 0 Å². The number of carbonyl (C=O) groups is 1. The molecule has 0 aliphatic rings. The molecule has 0 amide bonds. The molecule has 3 aromatic rings. The summed E-state index contributed by atoms with van der Waals surface area (Å²) in [6.07, 6.45) is 1.07. The zero-order chi connectivity index (χ0) is 18.5. The van der Waals surface area contributed by atoms with Crippen molar-refractivity contribution in [2.24, 2.45) is 0 Å². The first-order valence-corrected chi connectivity index (χ1v) is 9.46. The van der Waals surface area contributed by atoms with Crippen LogP contribution in [0, 0.1) is 0 Å². The van der Waals surface area contributed by atoms with Crippen LogP contribution in [0.1, 0.15) is 35.7 Å². The first-order valence-electron chi connectivity index (χ1n) is 7.57. The maximum absolute atomic E-state index is 12.9. The fraction of sp³-hybridized carbons (Fsp3) is 0.222. The highest BCUT2D eigenvalue weighted by Gasteiger charge is 2.19. The monoisotopic (exact) mass is 360 g/mol. The topological polar surface area (TPSA) is 102 Å². The highest BCUT2D eigenvalue weighted by molar-refractivity contribution is 7.90. The third-order valence-corrected chi connectivity index (χ3v) is 5.16. The van der Waals surface area contributed by atoms with Crippen LogP contribution < -0.4 is 5.43 Å². The summed E-state index contributed by atoms with van der Waals surface area (Å²) in [6, 6.07) is 6.84. The predicted octanol–water partition coefficient (Wildman–Crippen LogP) is 3.17. The van der Waals surface area contributed by atoms with Crippen molar-refractivity contribution in [3.8, 4) is 0 Å². The van der Waals surface area contributed by atoms with Crippen LogP contribution in [0.4, 0.5) is 0 Å². The zero-order valence-electron chi connectivity index (χ0n) is 13.9. The van der Waals surface area contributed by atoms with E-state index in [1.807, 2.05) is 13.8 Å². The van der Waals surface area contributed by atoms with Gasteiger partial charge in [0.05, 0.1) is 21.2 Å². The number of benzene rings is 2. The van der Waals surface area contributed by atoms with Gasteiger partial charge in [-0.25, -0.2) is 13.2 Å². The number of fused-ring (bicyclic) bond motifs is 2. The van der Waals surface area contributed by atoms with Crippen molar-refractivity contribution in [1.82, 2.24) is 0 Å². The predicted molar refractivity (Wildman–Crippen MR) is 94.1 cm³/mol. The summed E-state index contributed by atoms with van der Waals surface area (Å²) >= 11 is 0. The molecule has 130 valence electrons. The Morgan fingerprint density at radius 2 is 1.80 bits per heavy atom. The second-order valence-corrected chi connectivity index (χ2v) is 8.28. The van der Waals surface area contributed by atoms with Gasteiger partial charge in [-0.2, -0.15) is 0 Å². The van der Waals surface area contributed by atoms with Crippen molar-refractivity contribution < 1.29 is 22.7 Å². The quantitative estimate of drug-likeness (QED) is 0.720. The highest BCUT2D eigenvalue weighted by atomic mass is 32.2. The fourth-order valence-electron chi connectivity index (χ4n) is 2.73. The Morgan fingerprint density at radius 1 is 1.12 bits per heavy atom. The molecule has 3 rings (SSSR count). The van der Waals surface area contributed by atoms with Crippen LogP contribution in [0.3, 0.4) is 0 Å². The summed E-state index contributed by atoms with van der Waals surface area (Å²) in [5.41, 5.74) is 0.702. The largest absolute Gasteiger partial charge is 0.478 e. The van der Waals surface area contributed by atoms with E-state index in [0.717, 1.165) is 6.26 Å². The molecule has 25 heavy (non-hydrogen) atoms. The number of rotatable bonds is 3. The molecular formula is C18H16O6S. The lowest BCUT2D eigenvalue weighted by atomic mass is 9.99. The number of sulfone groups is 1. The van der Waals surface area contributed by atoms with Crippen LogP contribution in [-0.4, -0.2) is 25.7 Å². The Hall–Kier alpha value is -2.67. The van der Waals surface area contributed by atoms with E-state index in [1.165, 1.54) is 30.3 Å². The van der Waals surface area contributed by atoms with Crippen molar-refractivity contribution in [2.45, 2.75) is 24.7 Å². The van der Waals surface area contributed by atoms with Gasteiger partial charge in [0.1, 0.15) is 11.2 Å². The van der Waals surface area contributed by atoms with Gasteiger partial charge in [0.15, 0.2) is 9.84 Å². The second kappa shape index (κ2) is 5.70. The summed E-state index contributed by atoms with van der Waals surface area (Å²) in [5, 5.41) is 9.34. The summed E-state index contributed by atoms with van der Waals surface area (Å²) in [7, 11) is -3.52. The van der Waals surface area contributed by atoms with E-state index in [-0.39, 0.29) is 32.7 Å². The maximum Gasteiger partial charge on any atom is 0.335 e. The summed E-state index contributed by atoms with van der Waals surface area (Å²) in [6.45, 7) is 3.75. The van der Waals surface area contributed by atoms with E-state index in [2.05, 4.69) is 0 Å². The molecule has 1 aromatic heterocycles. The number of aromatic carboxylic acids is 1. The minimum absolute atomic E-state index is 0.0322. The molecule has 1 heterocycles. The van der Waals surface area contributed by atoms with Gasteiger partial charge >= 0.3 is 5.97 Å². The molecule has 6 nitrogen and oxygen atoms in total. The molecule has 0 fully saturated rings. The number of hydrogen-bond acceptors (Lipinski definition) is 5. The summed E-state index contributed by atoms with van der Waals surface area (Å²) < 4.78 is 29.8. The number of hydrogen-bond donors (Lipinski definition) is 1. The lowest BCUT2D eigenvalue weighted by Crippen LogP contribution is -2.08. The van der Waals surface area contributed by atoms with Crippen molar-refractivity contribution in [1.29, 1.82) is 0 Å². The Morgan fingerprint density at radius 3 is 2.36 bits per heavy atom. The minimum atomic E-state index is -3.52. The first kappa shape index (κ1) is 17.2. The van der Waals surface area contributed by atoms with Gasteiger partial charge in [0.2, 0.25) is 5.43 Å². The van der Waals surface area contributed by atoms with E-state index in [4.69, 9.17) is 9.52 Å². The molecule has 0 saturated carbocycles. The smallest absolute Gasteiger partial charge is 0.335 e. The maximum atomic E-state index is 12.9. The zero-order valence-corrected chi connectivity index (χ0v) is 14.7. The van der Waals surface area contributed by atoms with Crippen molar-refractivity contribution in [3.63, 3.8) is 0 Å². The SMILES string of the molecule is CC(C)c1cc(S(C)(=O)=O)cc2c(=O)c3cc(C(=O)O)ccc3oc12. The average molecular weight is 360 g/mol. The van der Waals surface area contributed by atoms with E-state index >= 15 is 0 Å². The van der Waals surface area contributed by atoms with Gasteiger partial charge in [0, 0.05) is 6.26 Å². The van der Waals surface area contributed by atoms with E-state index in [1.54, 1.807) is 0 Å². The van der Waals surface area contributed by atoms with Crippen LogP contribution in [0.25, 0.3) is 21.9 Å². The molecule has 0 aliphatic heterocycles. The van der Waals surface area contributed by atoms with Crippen molar-refractivity contribution in [2.75, 3.05) is 6.26 Å². The van der Waals surface area contributed by atoms with Crippen molar-refractivity contribution in [3.05, 3.63) is 51.7 Å². The molecule has 0 bridgehead atoms. The summed E-state index contributed by atoms with van der Waals surface area (Å²) in [5.74, 6) is -1.22. The second-order valence-electron chi connectivity index (χ2n) is 6.26. The van der Waals surface area contributed by atoms with Crippen LogP contribution in [-0.2, 0) is 9.84 Å². The minimum Gasteiger partial charge on any atom is -0.478 e. The third kappa shape index (κ3) is 2.91. The van der Waals surface area contributed by atoms with Gasteiger partial charge in [-0.15, -0.1) is 0 Å². The molecule has 2 aromatic carbocycles. The van der Waals surface area contributed by atoms with Crippen LogP contribution in [0.2, 0.25) is 0 Å². The molecule has 0 aliphatic carbocycles. The average Bonchev–Trinajstić information content (AvgIpc) is 2.52. The molecule has 0 saturated heterocycles. The summed E-state index contributed by atoms with van der Waals surface area (Å²) in [4.78, 5) is 24.0. The lowest BCUT2D eigenvalue weighted by molar-refractivity contribution is 0.0697. The molecular weight excluding hydrogens is 344 g/mol. The third-order valence-electron chi connectivity index (χ3n) is 4.07. The molecule has 0 unspecified atom stereocenters. The van der Waals surface area contributed by atoms with E-state index in [0.29, 0.717) is 11.1 Å². The van der Waals surface area contributed by atoms with Gasteiger partial charge in [0.25, 0.3) is 0 Å². The Balaban J connectivity index is 2.53.